The molecule has 0 bridgehead atoms. The summed E-state index contributed by atoms with van der Waals surface area (Å²) in [5.74, 6) is -1.59. The lowest BCUT2D eigenvalue weighted by molar-refractivity contribution is -0.389. The van der Waals surface area contributed by atoms with Crippen molar-refractivity contribution in [2.75, 3.05) is 36.5 Å². The van der Waals surface area contributed by atoms with E-state index in [9.17, 15) is 32.8 Å². The van der Waals surface area contributed by atoms with E-state index >= 15 is 0 Å². The topological polar surface area (TPSA) is 205 Å². The number of likely N-dealkylation sites (tertiary alicyclic amines) is 1. The summed E-state index contributed by atoms with van der Waals surface area (Å²) in [5, 5.41) is 25.2. The smallest absolute Gasteiger partial charge is 0.392 e. The molecule has 360 valence electrons. The molecule has 1 spiro atoms. The summed E-state index contributed by atoms with van der Waals surface area (Å²) >= 11 is 0. The van der Waals surface area contributed by atoms with E-state index in [2.05, 4.69) is 68.2 Å². The van der Waals surface area contributed by atoms with Gasteiger partial charge in [-0.3, -0.25) is 9.69 Å². The highest BCUT2D eigenvalue weighted by Crippen LogP contribution is 2.54. The van der Waals surface area contributed by atoms with Crippen LogP contribution in [0.5, 0.6) is 17.2 Å². The van der Waals surface area contributed by atoms with Gasteiger partial charge in [-0.1, -0.05) is 38.1 Å². The second kappa shape index (κ2) is 17.9. The van der Waals surface area contributed by atoms with E-state index in [1.165, 1.54) is 48.5 Å². The van der Waals surface area contributed by atoms with Crippen LogP contribution in [0.15, 0.2) is 72.0 Å². The van der Waals surface area contributed by atoms with Crippen LogP contribution in [-0.2, 0) is 10.0 Å². The molecule has 1 amide bonds. The molecule has 2 aromatic carbocycles. The number of piperidine rings is 1. The maximum atomic E-state index is 14.7. The summed E-state index contributed by atoms with van der Waals surface area (Å²) in [6.07, 6.45) is 12.8. The number of fused-ring (bicyclic) bond motifs is 2. The van der Waals surface area contributed by atoms with Gasteiger partial charge in [-0.15, -0.1) is 0 Å². The molecule has 10 rings (SSSR count). The number of carbonyl (C=O) groups is 1. The highest BCUT2D eigenvalue weighted by atomic mass is 32.2. The van der Waals surface area contributed by atoms with Crippen molar-refractivity contribution in [3.8, 4) is 17.2 Å². The molecule has 2 atom stereocenters. The van der Waals surface area contributed by atoms with Crippen LogP contribution >= 0.6 is 0 Å². The fourth-order valence-electron chi connectivity index (χ4n) is 11.6. The number of nitrogens with zero attached hydrogens (tertiary/aromatic N) is 5. The van der Waals surface area contributed by atoms with E-state index in [-0.39, 0.29) is 57.9 Å². The lowest BCUT2D eigenvalue weighted by Gasteiger charge is -2.56. The molecular weight excluding hydrogens is 892 g/mol. The molecule has 5 aromatic rings. The first kappa shape index (κ1) is 45.9. The number of aromatic amines is 1. The Hall–Kier alpha value is -5.85. The highest BCUT2D eigenvalue weighted by molar-refractivity contribution is 7.90. The molecule has 16 nitrogen and oxygen atoms in total. The number of sulfonamides is 1. The van der Waals surface area contributed by atoms with Crippen molar-refractivity contribution < 1.29 is 37.1 Å². The number of hydrogen-bond acceptors (Lipinski definition) is 13. The number of halogens is 1. The minimum atomic E-state index is -4.82. The number of anilines is 2. The van der Waals surface area contributed by atoms with E-state index in [4.69, 9.17) is 9.47 Å². The van der Waals surface area contributed by atoms with E-state index < -0.39 is 43.1 Å². The second-order valence-corrected chi connectivity index (χ2v) is 22.0. The van der Waals surface area contributed by atoms with Gasteiger partial charge in [0.15, 0.2) is 11.4 Å². The Morgan fingerprint density at radius 1 is 1.07 bits per heavy atom. The molecule has 3 aromatic heterocycles. The third kappa shape index (κ3) is 9.09. The van der Waals surface area contributed by atoms with Gasteiger partial charge in [-0.25, -0.2) is 14.1 Å². The number of ether oxygens (including phenoxy) is 2. The van der Waals surface area contributed by atoms with E-state index in [1.807, 2.05) is 11.6 Å². The quantitative estimate of drug-likeness (QED) is 0.0681. The molecule has 2 aliphatic carbocycles. The minimum absolute atomic E-state index is 0.00239. The van der Waals surface area contributed by atoms with Crippen LogP contribution in [0.25, 0.3) is 11.0 Å². The molecule has 2 saturated heterocycles. The van der Waals surface area contributed by atoms with Crippen molar-refractivity contribution in [3.63, 3.8) is 0 Å². The zero-order valence-electron chi connectivity index (χ0n) is 38.7. The van der Waals surface area contributed by atoms with Crippen molar-refractivity contribution in [2.45, 2.75) is 126 Å². The average Bonchev–Trinajstić information content (AvgIpc) is 3.94. The van der Waals surface area contributed by atoms with Gasteiger partial charge >= 0.3 is 15.8 Å². The number of nitrogens with one attached hydrogen (secondary N) is 3. The maximum absolute atomic E-state index is 14.7. The van der Waals surface area contributed by atoms with Gasteiger partial charge in [-0.05, 0) is 141 Å². The van der Waals surface area contributed by atoms with Gasteiger partial charge in [0.1, 0.15) is 29.6 Å². The Bertz CT molecular complexity index is 2850. The molecule has 5 aliphatic rings. The zero-order chi connectivity index (χ0) is 47.5. The standard InChI is InChI=1S/C50H59FN8O8S/c1-30(2)36-7-4-5-8-37(36)41-9-6-18-58(41)34-25-50(26-34)16-19-57(20-17-50)33-10-11-38(42(22-33)67-35-23-39-40(51)28-53-46(39)52-27-35)48(60)56-68(64,65)44-24-43-45(47(55-44)59(62)63)54-32(29-66-43)21-31-12-14-49(3,61)15-13-31/h4-5,7-8,10-11,22-24,27-28,30-32,34,41,54,61H,6,9,12-21,25-26,29H2,1-3H3,(H,52,53)(H,56,60)/t31-,32-,41+,49-/m0/s1. The first-order valence-corrected chi connectivity index (χ1v) is 25.4. The first-order valence-electron chi connectivity index (χ1n) is 24.0. The molecule has 3 aliphatic heterocycles. The maximum Gasteiger partial charge on any atom is 0.392 e. The molecule has 2 saturated carbocycles. The number of nitro groups is 1. The number of H-pyrrole nitrogens is 1. The largest absolute Gasteiger partial charge is 0.489 e. The Kier molecular flexibility index (Phi) is 12.1. The number of rotatable bonds is 12. The van der Waals surface area contributed by atoms with E-state index in [1.54, 1.807) is 12.1 Å². The fraction of sp³-hybridized carbons (Fsp3) is 0.500. The van der Waals surface area contributed by atoms with Crippen LogP contribution in [-0.4, -0.2) is 88.1 Å². The molecule has 68 heavy (non-hydrogen) atoms. The SMILES string of the molecule is CC(C)c1ccccc1[C@H]1CCCN1C1CC2(CCN(c3ccc(C(=O)NS(=O)(=O)c4cc5c(c([N+](=O)[O-])n4)N[C@@H](C[C@H]4CC[C@](C)(O)CC4)CO5)c(Oc4cnc5[nH]cc(F)c5c4)c3)CC2)C1. The van der Waals surface area contributed by atoms with E-state index in [0.717, 1.165) is 69.9 Å². The number of aromatic nitrogens is 3. The van der Waals surface area contributed by atoms with Crippen molar-refractivity contribution in [1.82, 2.24) is 24.6 Å². The van der Waals surface area contributed by atoms with Crippen LogP contribution in [0.3, 0.4) is 0 Å². The molecule has 0 unspecified atom stereocenters. The van der Waals surface area contributed by atoms with Gasteiger partial charge in [0.2, 0.25) is 0 Å². The predicted octanol–water partition coefficient (Wildman–Crippen LogP) is 9.13. The summed E-state index contributed by atoms with van der Waals surface area (Å²) in [6, 6.07) is 17.0. The molecule has 4 fully saturated rings. The van der Waals surface area contributed by atoms with Crippen LogP contribution < -0.4 is 24.4 Å². The lowest BCUT2D eigenvalue weighted by atomic mass is 9.59. The van der Waals surface area contributed by atoms with Gasteiger partial charge in [0, 0.05) is 49.2 Å². The van der Waals surface area contributed by atoms with Crippen LogP contribution in [0.4, 0.5) is 21.6 Å². The van der Waals surface area contributed by atoms with Gasteiger partial charge in [-0.2, -0.15) is 8.42 Å². The number of amides is 1. The number of hydrogen-bond donors (Lipinski definition) is 4. The molecule has 4 N–H and O–H groups in total. The summed E-state index contributed by atoms with van der Waals surface area (Å²) < 4.78 is 56.7. The summed E-state index contributed by atoms with van der Waals surface area (Å²) in [4.78, 5) is 41.5. The average molecular weight is 951 g/mol. The third-order valence-electron chi connectivity index (χ3n) is 15.4. The van der Waals surface area contributed by atoms with Crippen molar-refractivity contribution >= 4 is 44.2 Å². The second-order valence-electron chi connectivity index (χ2n) is 20.4. The van der Waals surface area contributed by atoms with Gasteiger partial charge in [0.05, 0.1) is 28.8 Å². The van der Waals surface area contributed by atoms with Crippen molar-refractivity contribution in [2.24, 2.45) is 11.3 Å². The summed E-state index contributed by atoms with van der Waals surface area (Å²) in [5.41, 5.74) is 3.33. The van der Waals surface area contributed by atoms with Crippen LogP contribution in [0.2, 0.25) is 0 Å². The number of carbonyl (C=O) groups excluding carboxylic acids is 1. The monoisotopic (exact) mass is 950 g/mol. The van der Waals surface area contributed by atoms with Crippen LogP contribution in [0.1, 0.15) is 125 Å². The number of aliphatic hydroxyl groups is 1. The minimum Gasteiger partial charge on any atom is -0.489 e. The van der Waals surface area contributed by atoms with Gasteiger partial charge < -0.3 is 39.9 Å². The number of benzene rings is 2. The molecule has 18 heteroatoms. The molecular formula is C50H59FN8O8S. The van der Waals surface area contributed by atoms with Crippen LogP contribution in [0, 0.1) is 27.3 Å². The normalized spacial score (nSPS) is 24.0. The first-order chi connectivity index (χ1) is 32.5. The molecule has 6 heterocycles. The number of pyridine rings is 2. The Labute approximate surface area is 395 Å². The molecule has 0 radical (unpaired) electrons. The third-order valence-corrected chi connectivity index (χ3v) is 16.6. The lowest BCUT2D eigenvalue weighted by Crippen LogP contribution is -2.54. The Morgan fingerprint density at radius 2 is 1.84 bits per heavy atom. The summed E-state index contributed by atoms with van der Waals surface area (Å²) in [7, 11) is -4.82. The Morgan fingerprint density at radius 3 is 2.59 bits per heavy atom. The van der Waals surface area contributed by atoms with Gasteiger partial charge in [0.25, 0.3) is 10.9 Å². The fourth-order valence-corrected chi connectivity index (χ4v) is 12.5. The van der Waals surface area contributed by atoms with E-state index in [0.29, 0.717) is 42.9 Å². The van der Waals surface area contributed by atoms with Crippen molar-refractivity contribution in [1.29, 1.82) is 0 Å². The zero-order valence-corrected chi connectivity index (χ0v) is 39.5. The summed E-state index contributed by atoms with van der Waals surface area (Å²) in [6.45, 7) is 9.16. The highest BCUT2D eigenvalue weighted by Gasteiger charge is 2.50. The predicted molar refractivity (Wildman–Crippen MR) is 254 cm³/mol. The van der Waals surface area contributed by atoms with Crippen molar-refractivity contribution in [3.05, 3.63) is 99.6 Å². The Balaban J connectivity index is 0.853.